The number of aromatic nitrogens is 2. The quantitative estimate of drug-likeness (QED) is 0.494. The largest absolute Gasteiger partial charge is 0.460 e. The molecule has 0 radical (unpaired) electrons. The Labute approximate surface area is 97.8 Å². The van der Waals surface area contributed by atoms with E-state index in [0.717, 1.165) is 0 Å². The number of Topliss-reactive ketones (excluding diaryl/α,β-unsaturated/α-hetero) is 1. The Kier molecular flexibility index (Phi) is 3.18. The van der Waals surface area contributed by atoms with Crippen LogP contribution in [-0.2, 0) is 9.53 Å². The third-order valence-corrected chi connectivity index (χ3v) is 2.32. The molecule has 2 rings (SSSR count). The van der Waals surface area contributed by atoms with Crippen molar-refractivity contribution in [3.8, 4) is 0 Å². The van der Waals surface area contributed by atoms with Crippen molar-refractivity contribution >= 4 is 22.8 Å². The zero-order chi connectivity index (χ0) is 12.3. The molecule has 0 aromatic carbocycles. The van der Waals surface area contributed by atoms with Crippen molar-refractivity contribution in [2.75, 3.05) is 6.61 Å². The van der Waals surface area contributed by atoms with Gasteiger partial charge in [-0.25, -0.2) is 9.78 Å². The summed E-state index contributed by atoms with van der Waals surface area (Å²) >= 11 is 0. The van der Waals surface area contributed by atoms with Crippen LogP contribution in [0.4, 0.5) is 0 Å². The molecule has 0 atom stereocenters. The molecule has 0 aliphatic carbocycles. The molecule has 2 aromatic heterocycles. The Morgan fingerprint density at radius 3 is 3.06 bits per heavy atom. The number of rotatable bonds is 4. The van der Waals surface area contributed by atoms with Gasteiger partial charge in [0.25, 0.3) is 5.78 Å². The summed E-state index contributed by atoms with van der Waals surface area (Å²) in [6.07, 6.45) is 3.78. The van der Waals surface area contributed by atoms with E-state index in [1.54, 1.807) is 18.3 Å². The van der Waals surface area contributed by atoms with Gasteiger partial charge in [0.2, 0.25) is 0 Å². The minimum absolute atomic E-state index is 0.255. The van der Waals surface area contributed by atoms with Crippen molar-refractivity contribution in [2.45, 2.75) is 13.3 Å². The van der Waals surface area contributed by atoms with Crippen LogP contribution in [0.5, 0.6) is 0 Å². The maximum absolute atomic E-state index is 11.8. The van der Waals surface area contributed by atoms with E-state index in [0.29, 0.717) is 23.0 Å². The van der Waals surface area contributed by atoms with Crippen LogP contribution >= 0.6 is 0 Å². The van der Waals surface area contributed by atoms with E-state index in [2.05, 4.69) is 9.97 Å². The molecule has 0 spiro atoms. The number of ether oxygens (including phenoxy) is 1. The molecule has 0 saturated carbocycles. The fraction of sp³-hybridized carbons (Fsp3) is 0.250. The normalized spacial score (nSPS) is 10.4. The van der Waals surface area contributed by atoms with Crippen molar-refractivity contribution in [3.63, 3.8) is 0 Å². The number of carbonyl (C=O) groups excluding carboxylic acids is 2. The Bertz CT molecular complexity index is 560. The summed E-state index contributed by atoms with van der Waals surface area (Å²) < 4.78 is 4.80. The van der Waals surface area contributed by atoms with Crippen molar-refractivity contribution in [2.24, 2.45) is 0 Å². The second kappa shape index (κ2) is 4.78. The van der Waals surface area contributed by atoms with E-state index in [1.165, 1.54) is 6.20 Å². The minimum atomic E-state index is -0.823. The average molecular weight is 232 g/mol. The molecule has 0 amide bonds. The topological polar surface area (TPSA) is 72.1 Å². The summed E-state index contributed by atoms with van der Waals surface area (Å²) in [5.74, 6) is -1.46. The van der Waals surface area contributed by atoms with Crippen LogP contribution < -0.4 is 0 Å². The van der Waals surface area contributed by atoms with Gasteiger partial charge in [-0.1, -0.05) is 6.92 Å². The molecule has 0 fully saturated rings. The number of nitrogens with one attached hydrogen (secondary N) is 1. The summed E-state index contributed by atoms with van der Waals surface area (Å²) in [6, 6.07) is 3.45. The van der Waals surface area contributed by atoms with Gasteiger partial charge in [-0.2, -0.15) is 0 Å². The van der Waals surface area contributed by atoms with Gasteiger partial charge in [0.05, 0.1) is 12.2 Å². The monoisotopic (exact) mass is 232 g/mol. The van der Waals surface area contributed by atoms with E-state index in [-0.39, 0.29) is 6.61 Å². The smallest absolute Gasteiger partial charge is 0.379 e. The molecule has 0 saturated heterocycles. The van der Waals surface area contributed by atoms with Gasteiger partial charge < -0.3 is 9.72 Å². The van der Waals surface area contributed by atoms with E-state index in [4.69, 9.17) is 4.74 Å². The summed E-state index contributed by atoms with van der Waals surface area (Å²) in [5, 5.41) is 0.631. The average Bonchev–Trinajstić information content (AvgIpc) is 2.78. The number of pyridine rings is 1. The van der Waals surface area contributed by atoms with Crippen LogP contribution in [0.2, 0.25) is 0 Å². The predicted molar refractivity (Wildman–Crippen MR) is 61.7 cm³/mol. The van der Waals surface area contributed by atoms with Gasteiger partial charge in [0.1, 0.15) is 5.65 Å². The van der Waals surface area contributed by atoms with Crippen molar-refractivity contribution in [1.29, 1.82) is 0 Å². The van der Waals surface area contributed by atoms with Gasteiger partial charge in [-0.3, -0.25) is 4.79 Å². The molecule has 2 heterocycles. The summed E-state index contributed by atoms with van der Waals surface area (Å²) in [7, 11) is 0. The van der Waals surface area contributed by atoms with Crippen molar-refractivity contribution in [1.82, 2.24) is 9.97 Å². The first-order valence-corrected chi connectivity index (χ1v) is 5.37. The number of H-pyrrole nitrogens is 1. The lowest BCUT2D eigenvalue weighted by molar-refractivity contribution is -0.138. The second-order valence-electron chi connectivity index (χ2n) is 3.57. The number of fused-ring (bicyclic) bond motifs is 1. The molecule has 17 heavy (non-hydrogen) atoms. The van der Waals surface area contributed by atoms with Crippen LogP contribution in [0, 0.1) is 0 Å². The van der Waals surface area contributed by atoms with Crippen LogP contribution in [0.1, 0.15) is 23.7 Å². The number of hydrogen-bond acceptors (Lipinski definition) is 4. The van der Waals surface area contributed by atoms with Crippen molar-refractivity contribution < 1.29 is 14.3 Å². The van der Waals surface area contributed by atoms with Crippen LogP contribution in [0.25, 0.3) is 11.0 Å². The maximum atomic E-state index is 11.8. The Morgan fingerprint density at radius 1 is 1.47 bits per heavy atom. The highest BCUT2D eigenvalue weighted by atomic mass is 16.5. The lowest BCUT2D eigenvalue weighted by Crippen LogP contribution is -2.17. The highest BCUT2D eigenvalue weighted by Gasteiger charge is 2.21. The summed E-state index contributed by atoms with van der Waals surface area (Å²) in [6.45, 7) is 2.12. The van der Waals surface area contributed by atoms with E-state index in [1.807, 2.05) is 6.92 Å². The highest BCUT2D eigenvalue weighted by molar-refractivity contribution is 6.42. The number of aromatic amines is 1. The van der Waals surface area contributed by atoms with Gasteiger partial charge in [-0.05, 0) is 18.6 Å². The molecule has 1 N–H and O–H groups in total. The third kappa shape index (κ3) is 2.18. The Morgan fingerprint density at radius 2 is 2.29 bits per heavy atom. The van der Waals surface area contributed by atoms with E-state index in [9.17, 15) is 9.59 Å². The lowest BCUT2D eigenvalue weighted by atomic mass is 10.1. The second-order valence-corrected chi connectivity index (χ2v) is 3.57. The first-order valence-electron chi connectivity index (χ1n) is 5.37. The molecular weight excluding hydrogens is 220 g/mol. The van der Waals surface area contributed by atoms with Gasteiger partial charge in [-0.15, -0.1) is 0 Å². The number of hydrogen-bond donors (Lipinski definition) is 1. The third-order valence-electron chi connectivity index (χ3n) is 2.32. The van der Waals surface area contributed by atoms with Crippen LogP contribution in [0.15, 0.2) is 24.5 Å². The molecule has 88 valence electrons. The molecular formula is C12H12N2O3. The van der Waals surface area contributed by atoms with E-state index < -0.39 is 11.8 Å². The molecule has 0 unspecified atom stereocenters. The zero-order valence-electron chi connectivity index (χ0n) is 9.40. The molecule has 0 bridgehead atoms. The maximum Gasteiger partial charge on any atom is 0.379 e. The first-order chi connectivity index (χ1) is 8.24. The molecule has 5 nitrogen and oxygen atoms in total. The zero-order valence-corrected chi connectivity index (χ0v) is 9.40. The Balaban J connectivity index is 2.28. The van der Waals surface area contributed by atoms with Gasteiger partial charge >= 0.3 is 5.97 Å². The van der Waals surface area contributed by atoms with Crippen molar-refractivity contribution in [3.05, 3.63) is 30.1 Å². The number of nitrogens with zero attached hydrogens (tertiary/aromatic N) is 1. The number of ketones is 1. The predicted octanol–water partition coefficient (Wildman–Crippen LogP) is 1.70. The van der Waals surface area contributed by atoms with Gasteiger partial charge in [0, 0.05) is 17.8 Å². The van der Waals surface area contributed by atoms with E-state index >= 15 is 0 Å². The number of carbonyl (C=O) groups is 2. The molecule has 2 aromatic rings. The fourth-order valence-electron chi connectivity index (χ4n) is 1.51. The fourth-order valence-corrected chi connectivity index (χ4v) is 1.51. The molecule has 5 heteroatoms. The summed E-state index contributed by atoms with van der Waals surface area (Å²) in [5.41, 5.74) is 0.883. The Hall–Kier alpha value is -2.17. The summed E-state index contributed by atoms with van der Waals surface area (Å²) in [4.78, 5) is 30.1. The minimum Gasteiger partial charge on any atom is -0.460 e. The molecule has 0 aliphatic rings. The highest BCUT2D eigenvalue weighted by Crippen LogP contribution is 2.16. The van der Waals surface area contributed by atoms with Crippen LogP contribution in [-0.4, -0.2) is 28.3 Å². The van der Waals surface area contributed by atoms with Crippen LogP contribution in [0.3, 0.4) is 0 Å². The number of esters is 1. The standard InChI is InChI=1S/C12H12N2O3/c1-2-6-17-12(16)10(15)9-7-14-11-8(9)4-3-5-13-11/h3-5,7H,2,6H2,1H3,(H,13,14). The lowest BCUT2D eigenvalue weighted by Gasteiger charge is -2.00. The first kappa shape index (κ1) is 11.3. The van der Waals surface area contributed by atoms with Gasteiger partial charge in [0.15, 0.2) is 0 Å². The SMILES string of the molecule is CCCOC(=O)C(=O)c1c[nH]c2ncccc12. The molecule has 0 aliphatic heterocycles.